The first-order valence-electron chi connectivity index (χ1n) is 8.34. The average molecular weight is 460 g/mol. The average Bonchev–Trinajstić information content (AvgIpc) is 2.51. The summed E-state index contributed by atoms with van der Waals surface area (Å²) in [6, 6.07) is 1.43. The Hall–Kier alpha value is -1.81. The number of pyridine rings is 1. The third-order valence-electron chi connectivity index (χ3n) is 5.44. The van der Waals surface area contributed by atoms with Gasteiger partial charge in [-0.1, -0.05) is 6.08 Å². The van der Waals surface area contributed by atoms with Gasteiger partial charge in [0, 0.05) is 16.2 Å². The fraction of sp³-hybridized carbons (Fsp3) is 0.471. The van der Waals surface area contributed by atoms with Crippen LogP contribution < -0.4 is 5.32 Å². The number of carboxylic acid groups (broad SMARTS) is 1. The molecule has 0 aromatic carbocycles. The lowest BCUT2D eigenvalue weighted by molar-refractivity contribution is 0.199. The molecule has 2 N–H and O–H groups in total. The minimum Gasteiger partial charge on any atom is -0.465 e. The number of nitrogens with one attached hydrogen (secondary N) is 1. The zero-order chi connectivity index (χ0) is 20.0. The molecule has 1 aromatic rings. The summed E-state index contributed by atoms with van der Waals surface area (Å²) in [7, 11) is -3.91. The van der Waals surface area contributed by atoms with Crippen LogP contribution in [0.25, 0.3) is 0 Å². The Bertz CT molecular complexity index is 945. The molecule has 146 valence electrons. The molecule has 7 nitrogen and oxygen atoms in total. The highest BCUT2D eigenvalue weighted by molar-refractivity contribution is 9.10. The van der Waals surface area contributed by atoms with Gasteiger partial charge in [0.05, 0.1) is 5.25 Å². The molecule has 2 atom stereocenters. The van der Waals surface area contributed by atoms with Crippen molar-refractivity contribution in [3.8, 4) is 0 Å². The van der Waals surface area contributed by atoms with Crippen LogP contribution in [0.1, 0.15) is 38.2 Å². The Morgan fingerprint density at radius 2 is 2.22 bits per heavy atom. The second-order valence-corrected chi connectivity index (χ2v) is 10.3. The Kier molecular flexibility index (Phi) is 4.92. The van der Waals surface area contributed by atoms with E-state index in [0.717, 1.165) is 0 Å². The molecule has 1 aliphatic carbocycles. The predicted octanol–water partition coefficient (Wildman–Crippen LogP) is 3.16. The molecular weight excluding hydrogens is 441 g/mol. The van der Waals surface area contributed by atoms with Crippen LogP contribution in [0.4, 0.5) is 9.18 Å². The summed E-state index contributed by atoms with van der Waals surface area (Å²) in [4.78, 5) is 19.4. The summed E-state index contributed by atoms with van der Waals surface area (Å²) in [6.45, 7) is 5.12. The minimum absolute atomic E-state index is 0.0221. The van der Waals surface area contributed by atoms with Crippen LogP contribution in [0.5, 0.6) is 0 Å². The highest BCUT2D eigenvalue weighted by Crippen LogP contribution is 2.52. The lowest BCUT2D eigenvalue weighted by Crippen LogP contribution is -2.66. The van der Waals surface area contributed by atoms with E-state index in [-0.39, 0.29) is 30.7 Å². The zero-order valence-corrected chi connectivity index (χ0v) is 17.0. The lowest BCUT2D eigenvalue weighted by Gasteiger charge is -2.51. The van der Waals surface area contributed by atoms with Crippen molar-refractivity contribution in [1.82, 2.24) is 10.3 Å². The first-order valence-corrected chi connectivity index (χ1v) is 10.7. The van der Waals surface area contributed by atoms with E-state index in [2.05, 4.69) is 37.8 Å². The Morgan fingerprint density at radius 1 is 1.56 bits per heavy atom. The number of nitrogens with zero attached hydrogens (tertiary/aromatic N) is 2. The normalized spacial score (nSPS) is 28.1. The van der Waals surface area contributed by atoms with Crippen molar-refractivity contribution >= 4 is 37.7 Å². The molecule has 0 unspecified atom stereocenters. The van der Waals surface area contributed by atoms with E-state index in [1.54, 1.807) is 0 Å². The molecule has 0 saturated heterocycles. The Balaban J connectivity index is 2.32. The van der Waals surface area contributed by atoms with Crippen LogP contribution in [0.3, 0.4) is 0 Å². The summed E-state index contributed by atoms with van der Waals surface area (Å²) in [5, 5.41) is 10.3. The van der Waals surface area contributed by atoms with Gasteiger partial charge in [-0.15, -0.1) is 6.58 Å². The number of carbonyl (C=O) groups is 1. The first kappa shape index (κ1) is 19.9. The molecule has 1 saturated carbocycles. The topological polar surface area (TPSA) is 109 Å². The van der Waals surface area contributed by atoms with Gasteiger partial charge in [-0.25, -0.2) is 18.2 Å². The van der Waals surface area contributed by atoms with Crippen molar-refractivity contribution in [2.24, 2.45) is 4.99 Å². The first-order chi connectivity index (χ1) is 12.6. The van der Waals surface area contributed by atoms with Gasteiger partial charge < -0.3 is 5.11 Å². The maximum atomic E-state index is 14.6. The van der Waals surface area contributed by atoms with Crippen molar-refractivity contribution in [1.29, 1.82) is 0 Å². The van der Waals surface area contributed by atoms with Gasteiger partial charge in [-0.3, -0.25) is 10.3 Å². The fourth-order valence-corrected chi connectivity index (χ4v) is 7.17. The lowest BCUT2D eigenvalue weighted by atomic mass is 9.80. The van der Waals surface area contributed by atoms with E-state index in [9.17, 15) is 22.7 Å². The van der Waals surface area contributed by atoms with Crippen LogP contribution in [0.2, 0.25) is 0 Å². The van der Waals surface area contributed by atoms with Crippen LogP contribution in [0.15, 0.2) is 34.4 Å². The Labute approximate surface area is 164 Å². The molecule has 1 fully saturated rings. The Morgan fingerprint density at radius 3 is 2.74 bits per heavy atom. The number of halogens is 2. The number of hydrogen-bond donors (Lipinski definition) is 2. The molecule has 0 radical (unpaired) electrons. The smallest absolute Gasteiger partial charge is 0.410 e. The molecule has 1 amide bonds. The number of rotatable bonds is 3. The molecule has 1 spiro atoms. The third kappa shape index (κ3) is 2.89. The van der Waals surface area contributed by atoms with Gasteiger partial charge in [0.2, 0.25) is 5.95 Å². The molecule has 0 bridgehead atoms. The maximum absolute atomic E-state index is 14.6. The largest absolute Gasteiger partial charge is 0.465 e. The molecule has 1 aliphatic heterocycles. The number of amidine groups is 1. The molecule has 27 heavy (non-hydrogen) atoms. The van der Waals surface area contributed by atoms with Crippen LogP contribution in [-0.2, 0) is 15.4 Å². The molecule has 10 heteroatoms. The van der Waals surface area contributed by atoms with Crippen molar-refractivity contribution in [3.05, 3.63) is 40.9 Å². The summed E-state index contributed by atoms with van der Waals surface area (Å²) in [5.74, 6) is -1.00. The second-order valence-electron chi connectivity index (χ2n) is 6.94. The number of hydrogen-bond acceptors (Lipinski definition) is 5. The highest BCUT2D eigenvalue weighted by atomic mass is 79.9. The number of aromatic nitrogens is 1. The minimum atomic E-state index is -3.91. The molecular formula is C17H19BrFN3O4S. The van der Waals surface area contributed by atoms with E-state index in [1.807, 2.05) is 0 Å². The molecule has 3 rings (SSSR count). The van der Waals surface area contributed by atoms with E-state index in [0.29, 0.717) is 10.9 Å². The number of amides is 1. The zero-order valence-electron chi connectivity index (χ0n) is 14.6. The van der Waals surface area contributed by atoms with Gasteiger partial charge in [0.15, 0.2) is 9.84 Å². The van der Waals surface area contributed by atoms with Crippen molar-refractivity contribution in [2.75, 3.05) is 0 Å². The van der Waals surface area contributed by atoms with Crippen molar-refractivity contribution in [3.63, 3.8) is 0 Å². The quantitative estimate of drug-likeness (QED) is 0.532. The van der Waals surface area contributed by atoms with E-state index in [4.69, 9.17) is 0 Å². The second kappa shape index (κ2) is 6.66. The number of allylic oxidation sites excluding steroid dienone is 1. The molecule has 2 aliphatic rings. The number of aliphatic imine (C=N–C) groups is 1. The van der Waals surface area contributed by atoms with Crippen molar-refractivity contribution in [2.45, 2.75) is 48.1 Å². The third-order valence-corrected chi connectivity index (χ3v) is 8.97. The van der Waals surface area contributed by atoms with Crippen LogP contribution in [0, 0.1) is 5.95 Å². The van der Waals surface area contributed by atoms with E-state index < -0.39 is 37.4 Å². The summed E-state index contributed by atoms with van der Waals surface area (Å²) in [6.07, 6.45) is 2.55. The SMILES string of the molecule is C=CC[C@H]1[C@@](C)(c2cc(Br)cnc2F)N=C(NC(=O)O)C2(CCC2)S1(=O)=O. The van der Waals surface area contributed by atoms with Crippen LogP contribution >= 0.6 is 15.9 Å². The molecule has 1 aromatic heterocycles. The summed E-state index contributed by atoms with van der Waals surface area (Å²) >= 11 is 3.22. The van der Waals surface area contributed by atoms with Gasteiger partial charge >= 0.3 is 6.09 Å². The van der Waals surface area contributed by atoms with Gasteiger partial charge in [-0.2, -0.15) is 4.39 Å². The van der Waals surface area contributed by atoms with Crippen LogP contribution in [-0.4, -0.2) is 40.4 Å². The number of sulfone groups is 1. The van der Waals surface area contributed by atoms with Gasteiger partial charge in [-0.05, 0) is 54.6 Å². The molecule has 2 heterocycles. The summed E-state index contributed by atoms with van der Waals surface area (Å²) < 4.78 is 40.8. The highest BCUT2D eigenvalue weighted by Gasteiger charge is 2.63. The van der Waals surface area contributed by atoms with E-state index in [1.165, 1.54) is 25.3 Å². The summed E-state index contributed by atoms with van der Waals surface area (Å²) in [5.41, 5.74) is -1.59. The standard InChI is InChI=1S/C17H19BrFN3O4S/c1-3-5-12-16(2,11-8-10(18)9-20-13(11)19)22-14(21-15(23)24)17(6-4-7-17)27(12,25)26/h3,8-9,12H,1,4-7H2,2H3,(H,21,22)(H,23,24)/t12-,16+/m0/s1. The maximum Gasteiger partial charge on any atom is 0.410 e. The van der Waals surface area contributed by atoms with Gasteiger partial charge in [0.1, 0.15) is 16.1 Å². The fourth-order valence-electron chi connectivity index (χ4n) is 3.90. The van der Waals surface area contributed by atoms with Gasteiger partial charge in [0.25, 0.3) is 0 Å². The van der Waals surface area contributed by atoms with Crippen molar-refractivity contribution < 1.29 is 22.7 Å². The predicted molar refractivity (Wildman–Crippen MR) is 102 cm³/mol. The van der Waals surface area contributed by atoms with E-state index >= 15 is 0 Å². The monoisotopic (exact) mass is 459 g/mol.